The molecule has 0 unspecified atom stereocenters. The number of benzene rings is 3. The zero-order chi connectivity index (χ0) is 17.8. The number of ether oxygens (including phenoxy) is 1. The summed E-state index contributed by atoms with van der Waals surface area (Å²) in [4.78, 5) is 8.59. The quantitative estimate of drug-likeness (QED) is 0.502. The summed E-state index contributed by atoms with van der Waals surface area (Å²) in [5, 5.41) is 4.89. The molecule has 3 aromatic carbocycles. The molecular formula is C21H16ClN3O. The Kier molecular flexibility index (Phi) is 4.67. The van der Waals surface area contributed by atoms with Crippen LogP contribution < -0.4 is 10.1 Å². The van der Waals surface area contributed by atoms with Gasteiger partial charge < -0.3 is 10.1 Å². The SMILES string of the molecule is Clc1ccc2c(Nc3ccc(OCc4ccccc4)cc3)ncnc2c1. The van der Waals surface area contributed by atoms with Crippen molar-refractivity contribution in [2.24, 2.45) is 0 Å². The first kappa shape index (κ1) is 16.4. The van der Waals surface area contributed by atoms with Crippen LogP contribution in [0.4, 0.5) is 11.5 Å². The summed E-state index contributed by atoms with van der Waals surface area (Å²) in [5.74, 6) is 1.56. The van der Waals surface area contributed by atoms with E-state index in [4.69, 9.17) is 16.3 Å². The molecule has 4 nitrogen and oxygen atoms in total. The molecular weight excluding hydrogens is 346 g/mol. The number of aromatic nitrogens is 2. The monoisotopic (exact) mass is 361 g/mol. The van der Waals surface area contributed by atoms with Crippen LogP contribution in [0, 0.1) is 0 Å². The van der Waals surface area contributed by atoms with E-state index in [1.807, 2.05) is 72.8 Å². The van der Waals surface area contributed by atoms with E-state index >= 15 is 0 Å². The van der Waals surface area contributed by atoms with E-state index < -0.39 is 0 Å². The minimum atomic E-state index is 0.547. The number of fused-ring (bicyclic) bond motifs is 1. The highest BCUT2D eigenvalue weighted by atomic mass is 35.5. The van der Waals surface area contributed by atoms with E-state index in [2.05, 4.69) is 15.3 Å². The number of hydrogen-bond acceptors (Lipinski definition) is 4. The molecule has 0 bridgehead atoms. The fourth-order valence-corrected chi connectivity index (χ4v) is 2.81. The third-order valence-electron chi connectivity index (χ3n) is 3.96. The number of anilines is 2. The predicted molar refractivity (Wildman–Crippen MR) is 105 cm³/mol. The Morgan fingerprint density at radius 2 is 1.69 bits per heavy atom. The van der Waals surface area contributed by atoms with Crippen LogP contribution in [-0.2, 0) is 6.61 Å². The Morgan fingerprint density at radius 3 is 2.50 bits per heavy atom. The van der Waals surface area contributed by atoms with Crippen molar-refractivity contribution in [2.45, 2.75) is 6.61 Å². The highest BCUT2D eigenvalue weighted by molar-refractivity contribution is 6.31. The van der Waals surface area contributed by atoms with E-state index in [1.54, 1.807) is 0 Å². The van der Waals surface area contributed by atoms with Crippen LogP contribution in [0.25, 0.3) is 10.9 Å². The maximum atomic E-state index is 6.03. The molecule has 0 saturated heterocycles. The first-order valence-electron chi connectivity index (χ1n) is 8.22. The Hall–Kier alpha value is -3.11. The van der Waals surface area contributed by atoms with Gasteiger partial charge >= 0.3 is 0 Å². The van der Waals surface area contributed by atoms with E-state index in [0.717, 1.165) is 33.7 Å². The molecule has 5 heteroatoms. The first-order chi connectivity index (χ1) is 12.8. The Labute approximate surface area is 156 Å². The minimum Gasteiger partial charge on any atom is -0.489 e. The second kappa shape index (κ2) is 7.42. The topological polar surface area (TPSA) is 47.0 Å². The number of rotatable bonds is 5. The van der Waals surface area contributed by atoms with Gasteiger partial charge in [0.25, 0.3) is 0 Å². The van der Waals surface area contributed by atoms with Gasteiger partial charge in [-0.3, -0.25) is 0 Å². The van der Waals surface area contributed by atoms with Gasteiger partial charge in [0, 0.05) is 16.1 Å². The van der Waals surface area contributed by atoms with Crippen molar-refractivity contribution in [1.29, 1.82) is 0 Å². The molecule has 0 amide bonds. The maximum absolute atomic E-state index is 6.03. The lowest BCUT2D eigenvalue weighted by Crippen LogP contribution is -1.97. The van der Waals surface area contributed by atoms with Crippen LogP contribution in [0.3, 0.4) is 0 Å². The van der Waals surface area contributed by atoms with Crippen molar-refractivity contribution >= 4 is 34.0 Å². The Bertz CT molecular complexity index is 1020. The van der Waals surface area contributed by atoms with Gasteiger partial charge in [-0.15, -0.1) is 0 Å². The standard InChI is InChI=1S/C21H16ClN3O/c22-16-6-11-19-20(12-16)23-14-24-21(19)25-17-7-9-18(10-8-17)26-13-15-4-2-1-3-5-15/h1-12,14H,13H2,(H,23,24,25). The maximum Gasteiger partial charge on any atom is 0.141 e. The van der Waals surface area contributed by atoms with Gasteiger partial charge in [-0.25, -0.2) is 9.97 Å². The molecule has 0 atom stereocenters. The van der Waals surface area contributed by atoms with Gasteiger partial charge in [0.1, 0.15) is 24.5 Å². The molecule has 0 aliphatic rings. The minimum absolute atomic E-state index is 0.547. The lowest BCUT2D eigenvalue weighted by Gasteiger charge is -2.10. The zero-order valence-corrected chi connectivity index (χ0v) is 14.6. The van der Waals surface area contributed by atoms with Crippen molar-refractivity contribution in [3.05, 3.63) is 89.7 Å². The van der Waals surface area contributed by atoms with Crippen molar-refractivity contribution in [3.8, 4) is 5.75 Å². The van der Waals surface area contributed by atoms with Crippen LogP contribution in [0.2, 0.25) is 5.02 Å². The lowest BCUT2D eigenvalue weighted by atomic mass is 10.2. The molecule has 0 fully saturated rings. The molecule has 0 saturated carbocycles. The predicted octanol–water partition coefficient (Wildman–Crippen LogP) is 5.61. The molecule has 0 aliphatic heterocycles. The van der Waals surface area contributed by atoms with Gasteiger partial charge in [-0.05, 0) is 48.0 Å². The molecule has 1 aromatic heterocycles. The van der Waals surface area contributed by atoms with Crippen LogP contribution in [-0.4, -0.2) is 9.97 Å². The van der Waals surface area contributed by atoms with Crippen LogP contribution in [0.1, 0.15) is 5.56 Å². The highest BCUT2D eigenvalue weighted by Gasteiger charge is 2.05. The Balaban J connectivity index is 1.48. The second-order valence-corrected chi connectivity index (χ2v) is 6.24. The number of hydrogen-bond donors (Lipinski definition) is 1. The third kappa shape index (κ3) is 3.76. The number of nitrogens with one attached hydrogen (secondary N) is 1. The number of halogens is 1. The van der Waals surface area contributed by atoms with E-state index in [-0.39, 0.29) is 0 Å². The molecule has 128 valence electrons. The molecule has 4 rings (SSSR count). The van der Waals surface area contributed by atoms with Gasteiger partial charge in [-0.2, -0.15) is 0 Å². The average Bonchev–Trinajstić information content (AvgIpc) is 2.68. The van der Waals surface area contributed by atoms with Crippen LogP contribution in [0.15, 0.2) is 79.1 Å². The largest absolute Gasteiger partial charge is 0.489 e. The van der Waals surface area contributed by atoms with Crippen LogP contribution >= 0.6 is 11.6 Å². The summed E-state index contributed by atoms with van der Waals surface area (Å²) < 4.78 is 5.81. The molecule has 1 N–H and O–H groups in total. The van der Waals surface area contributed by atoms with Crippen molar-refractivity contribution in [2.75, 3.05) is 5.32 Å². The summed E-state index contributed by atoms with van der Waals surface area (Å²) >= 11 is 6.03. The molecule has 0 radical (unpaired) electrons. The molecule has 4 aromatic rings. The van der Waals surface area contributed by atoms with Gasteiger partial charge in [0.15, 0.2) is 0 Å². The highest BCUT2D eigenvalue weighted by Crippen LogP contribution is 2.26. The summed E-state index contributed by atoms with van der Waals surface area (Å²) in [6.07, 6.45) is 1.53. The lowest BCUT2D eigenvalue weighted by molar-refractivity contribution is 0.306. The normalized spacial score (nSPS) is 10.7. The summed E-state index contributed by atoms with van der Waals surface area (Å²) in [5.41, 5.74) is 2.87. The molecule has 1 heterocycles. The summed E-state index contributed by atoms with van der Waals surface area (Å²) in [7, 11) is 0. The van der Waals surface area contributed by atoms with Gasteiger partial charge in [0.2, 0.25) is 0 Å². The fraction of sp³-hybridized carbons (Fsp3) is 0.0476. The van der Waals surface area contributed by atoms with Gasteiger partial charge in [-0.1, -0.05) is 41.9 Å². The Morgan fingerprint density at radius 1 is 0.885 bits per heavy atom. The van der Waals surface area contributed by atoms with Crippen LogP contribution in [0.5, 0.6) is 5.75 Å². The summed E-state index contributed by atoms with van der Waals surface area (Å²) in [6.45, 7) is 0.547. The summed E-state index contributed by atoms with van der Waals surface area (Å²) in [6, 6.07) is 23.5. The van der Waals surface area contributed by atoms with E-state index in [1.165, 1.54) is 6.33 Å². The average molecular weight is 362 g/mol. The third-order valence-corrected chi connectivity index (χ3v) is 4.20. The van der Waals surface area contributed by atoms with Crippen molar-refractivity contribution < 1.29 is 4.74 Å². The number of nitrogens with zero attached hydrogens (tertiary/aromatic N) is 2. The van der Waals surface area contributed by atoms with E-state index in [0.29, 0.717) is 11.6 Å². The zero-order valence-electron chi connectivity index (χ0n) is 13.9. The molecule has 26 heavy (non-hydrogen) atoms. The van der Waals surface area contributed by atoms with Gasteiger partial charge in [0.05, 0.1) is 5.52 Å². The molecule has 0 aliphatic carbocycles. The molecule has 0 spiro atoms. The fourth-order valence-electron chi connectivity index (χ4n) is 2.64. The van der Waals surface area contributed by atoms with Crippen molar-refractivity contribution in [1.82, 2.24) is 9.97 Å². The first-order valence-corrected chi connectivity index (χ1v) is 8.60. The smallest absolute Gasteiger partial charge is 0.141 e. The second-order valence-electron chi connectivity index (χ2n) is 5.81. The van der Waals surface area contributed by atoms with Crippen molar-refractivity contribution in [3.63, 3.8) is 0 Å². The van der Waals surface area contributed by atoms with E-state index in [9.17, 15) is 0 Å².